The van der Waals surface area contributed by atoms with E-state index in [-0.39, 0.29) is 11.7 Å². The summed E-state index contributed by atoms with van der Waals surface area (Å²) in [7, 11) is 0. The Bertz CT molecular complexity index is 945. The SMILES string of the molecule is Nc1ccccc1NC(=O)c1ccc(/C=C/C(=O)c2ccccc2)cc1. The molecular formula is C22H18N2O2. The first kappa shape index (κ1) is 17.2. The number of ketones is 1. The first-order valence-electron chi connectivity index (χ1n) is 8.17. The summed E-state index contributed by atoms with van der Waals surface area (Å²) in [5.74, 6) is -0.300. The number of hydrogen-bond acceptors (Lipinski definition) is 3. The molecule has 1 amide bonds. The average molecular weight is 342 g/mol. The van der Waals surface area contributed by atoms with Crippen molar-refractivity contribution in [2.24, 2.45) is 0 Å². The largest absolute Gasteiger partial charge is 0.397 e. The molecule has 0 saturated carbocycles. The lowest BCUT2D eigenvalue weighted by Gasteiger charge is -2.08. The molecule has 0 aliphatic rings. The molecule has 0 atom stereocenters. The Morgan fingerprint density at radius 2 is 1.42 bits per heavy atom. The fraction of sp³-hybridized carbons (Fsp3) is 0. The van der Waals surface area contributed by atoms with Gasteiger partial charge in [0.05, 0.1) is 11.4 Å². The number of anilines is 2. The maximum atomic E-state index is 12.3. The van der Waals surface area contributed by atoms with Gasteiger partial charge in [-0.3, -0.25) is 9.59 Å². The van der Waals surface area contributed by atoms with Crippen LogP contribution in [0.1, 0.15) is 26.3 Å². The lowest BCUT2D eigenvalue weighted by molar-refractivity contribution is 0.102. The number of rotatable bonds is 5. The van der Waals surface area contributed by atoms with Crippen LogP contribution in [-0.4, -0.2) is 11.7 Å². The van der Waals surface area contributed by atoms with Crippen molar-refractivity contribution in [1.82, 2.24) is 0 Å². The van der Waals surface area contributed by atoms with Gasteiger partial charge in [-0.25, -0.2) is 0 Å². The second-order valence-electron chi connectivity index (χ2n) is 5.73. The normalized spacial score (nSPS) is 10.6. The van der Waals surface area contributed by atoms with E-state index in [9.17, 15) is 9.59 Å². The number of hydrogen-bond donors (Lipinski definition) is 2. The van der Waals surface area contributed by atoms with E-state index in [0.29, 0.717) is 22.5 Å². The Hall–Kier alpha value is -3.66. The molecule has 0 aliphatic carbocycles. The molecule has 4 heteroatoms. The maximum Gasteiger partial charge on any atom is 0.255 e. The second-order valence-corrected chi connectivity index (χ2v) is 5.73. The van der Waals surface area contributed by atoms with Gasteiger partial charge in [0, 0.05) is 11.1 Å². The molecule has 0 saturated heterocycles. The average Bonchev–Trinajstić information content (AvgIpc) is 2.69. The maximum absolute atomic E-state index is 12.3. The summed E-state index contributed by atoms with van der Waals surface area (Å²) in [5, 5.41) is 2.78. The summed E-state index contributed by atoms with van der Waals surface area (Å²) >= 11 is 0. The number of allylic oxidation sites excluding steroid dienone is 1. The monoisotopic (exact) mass is 342 g/mol. The third kappa shape index (κ3) is 4.24. The zero-order chi connectivity index (χ0) is 18.4. The quantitative estimate of drug-likeness (QED) is 0.410. The lowest BCUT2D eigenvalue weighted by Crippen LogP contribution is -2.12. The Balaban J connectivity index is 1.66. The molecule has 0 fully saturated rings. The molecule has 3 aromatic carbocycles. The van der Waals surface area contributed by atoms with E-state index in [2.05, 4.69) is 5.32 Å². The Morgan fingerprint density at radius 1 is 0.769 bits per heavy atom. The number of amides is 1. The van der Waals surface area contributed by atoms with Crippen molar-refractivity contribution in [3.8, 4) is 0 Å². The standard InChI is InChI=1S/C22H18N2O2/c23-19-8-4-5-9-20(19)24-22(26)18-13-10-16(11-14-18)12-15-21(25)17-6-2-1-3-7-17/h1-15H,23H2,(H,24,26)/b15-12+. The molecular weight excluding hydrogens is 324 g/mol. The van der Waals surface area contributed by atoms with Gasteiger partial charge in [0.1, 0.15) is 0 Å². The summed E-state index contributed by atoms with van der Waals surface area (Å²) in [6.45, 7) is 0. The summed E-state index contributed by atoms with van der Waals surface area (Å²) in [6.07, 6.45) is 3.25. The van der Waals surface area contributed by atoms with Crippen LogP contribution in [0, 0.1) is 0 Å². The summed E-state index contributed by atoms with van der Waals surface area (Å²) in [5.41, 5.74) is 8.91. The summed E-state index contributed by atoms with van der Waals surface area (Å²) < 4.78 is 0. The van der Waals surface area contributed by atoms with Gasteiger partial charge in [-0.05, 0) is 35.9 Å². The molecule has 0 aliphatic heterocycles. The zero-order valence-electron chi connectivity index (χ0n) is 14.1. The Kier molecular flexibility index (Phi) is 5.25. The highest BCUT2D eigenvalue weighted by Gasteiger charge is 2.07. The zero-order valence-corrected chi connectivity index (χ0v) is 14.1. The van der Waals surface area contributed by atoms with Crippen molar-refractivity contribution in [1.29, 1.82) is 0 Å². The van der Waals surface area contributed by atoms with Gasteiger partial charge in [-0.15, -0.1) is 0 Å². The molecule has 128 valence electrons. The molecule has 26 heavy (non-hydrogen) atoms. The first-order valence-corrected chi connectivity index (χ1v) is 8.17. The fourth-order valence-corrected chi connectivity index (χ4v) is 2.42. The third-order valence-corrected chi connectivity index (χ3v) is 3.87. The van der Waals surface area contributed by atoms with E-state index in [0.717, 1.165) is 5.56 Å². The van der Waals surface area contributed by atoms with E-state index in [4.69, 9.17) is 5.73 Å². The molecule has 3 N–H and O–H groups in total. The van der Waals surface area contributed by atoms with E-state index in [1.807, 2.05) is 30.3 Å². The van der Waals surface area contributed by atoms with Crippen LogP contribution in [0.25, 0.3) is 6.08 Å². The van der Waals surface area contributed by atoms with Crippen LogP contribution in [-0.2, 0) is 0 Å². The van der Waals surface area contributed by atoms with Crippen LogP contribution >= 0.6 is 0 Å². The minimum atomic E-state index is -0.237. The number of para-hydroxylation sites is 2. The fourth-order valence-electron chi connectivity index (χ4n) is 2.42. The summed E-state index contributed by atoms with van der Waals surface area (Å²) in [6, 6.07) is 23.2. The molecule has 0 unspecified atom stereocenters. The van der Waals surface area contributed by atoms with Gasteiger partial charge >= 0.3 is 0 Å². The van der Waals surface area contributed by atoms with Crippen molar-refractivity contribution < 1.29 is 9.59 Å². The highest BCUT2D eigenvalue weighted by molar-refractivity contribution is 6.07. The van der Waals surface area contributed by atoms with Crippen molar-refractivity contribution in [2.45, 2.75) is 0 Å². The van der Waals surface area contributed by atoms with Crippen LogP contribution in [0.2, 0.25) is 0 Å². The van der Waals surface area contributed by atoms with Crippen LogP contribution in [0.5, 0.6) is 0 Å². The Morgan fingerprint density at radius 3 is 2.12 bits per heavy atom. The lowest BCUT2D eigenvalue weighted by atomic mass is 10.1. The van der Waals surface area contributed by atoms with Crippen LogP contribution in [0.4, 0.5) is 11.4 Å². The van der Waals surface area contributed by atoms with E-state index < -0.39 is 0 Å². The van der Waals surface area contributed by atoms with Gasteiger partial charge in [-0.2, -0.15) is 0 Å². The molecule has 0 heterocycles. The highest BCUT2D eigenvalue weighted by Crippen LogP contribution is 2.18. The molecule has 0 radical (unpaired) electrons. The van der Waals surface area contributed by atoms with Crippen molar-refractivity contribution in [3.05, 3.63) is 102 Å². The van der Waals surface area contributed by atoms with Crippen molar-refractivity contribution in [2.75, 3.05) is 11.1 Å². The molecule has 3 aromatic rings. The van der Waals surface area contributed by atoms with Gasteiger partial charge < -0.3 is 11.1 Å². The van der Waals surface area contributed by atoms with Crippen molar-refractivity contribution >= 4 is 29.1 Å². The second kappa shape index (κ2) is 7.94. The molecule has 0 spiro atoms. The molecule has 4 nitrogen and oxygen atoms in total. The van der Waals surface area contributed by atoms with Gasteiger partial charge in [-0.1, -0.05) is 60.7 Å². The number of nitrogen functional groups attached to an aromatic ring is 1. The smallest absolute Gasteiger partial charge is 0.255 e. The van der Waals surface area contributed by atoms with Crippen LogP contribution in [0.3, 0.4) is 0 Å². The number of carbonyl (C=O) groups excluding carboxylic acids is 2. The molecule has 0 aromatic heterocycles. The number of benzene rings is 3. The van der Waals surface area contributed by atoms with Crippen LogP contribution in [0.15, 0.2) is 84.9 Å². The molecule has 0 bridgehead atoms. The van der Waals surface area contributed by atoms with Crippen LogP contribution < -0.4 is 11.1 Å². The molecule has 3 rings (SSSR count). The first-order chi connectivity index (χ1) is 12.6. The van der Waals surface area contributed by atoms with Gasteiger partial charge in [0.25, 0.3) is 5.91 Å². The van der Waals surface area contributed by atoms with E-state index in [1.165, 1.54) is 6.08 Å². The predicted octanol–water partition coefficient (Wildman–Crippen LogP) is 4.42. The number of carbonyl (C=O) groups is 2. The third-order valence-electron chi connectivity index (χ3n) is 3.87. The Labute approximate surface area is 152 Å². The van der Waals surface area contributed by atoms with E-state index >= 15 is 0 Å². The predicted molar refractivity (Wildman–Crippen MR) is 105 cm³/mol. The highest BCUT2D eigenvalue weighted by atomic mass is 16.1. The minimum absolute atomic E-state index is 0.0630. The van der Waals surface area contributed by atoms with Gasteiger partial charge in [0.15, 0.2) is 5.78 Å². The van der Waals surface area contributed by atoms with Crippen molar-refractivity contribution in [3.63, 3.8) is 0 Å². The number of nitrogens with two attached hydrogens (primary N) is 1. The van der Waals surface area contributed by atoms with E-state index in [1.54, 1.807) is 54.6 Å². The number of nitrogens with one attached hydrogen (secondary N) is 1. The minimum Gasteiger partial charge on any atom is -0.397 e. The topological polar surface area (TPSA) is 72.2 Å². The summed E-state index contributed by atoms with van der Waals surface area (Å²) in [4.78, 5) is 24.4. The van der Waals surface area contributed by atoms with Gasteiger partial charge in [0.2, 0.25) is 0 Å².